The summed E-state index contributed by atoms with van der Waals surface area (Å²) < 4.78 is 4.51. The summed E-state index contributed by atoms with van der Waals surface area (Å²) in [5.41, 5.74) is 5.84. The number of benzene rings is 1. The summed E-state index contributed by atoms with van der Waals surface area (Å²) in [6.07, 6.45) is 0. The molecule has 1 amide bonds. The van der Waals surface area contributed by atoms with Crippen LogP contribution in [-0.4, -0.2) is 31.6 Å². The molecule has 0 saturated carbocycles. The first-order valence-electron chi connectivity index (χ1n) is 4.83. The second kappa shape index (κ2) is 5.87. The van der Waals surface area contributed by atoms with Crippen molar-refractivity contribution < 1.29 is 14.3 Å². The molecule has 1 rings (SSSR count). The largest absolute Gasteiger partial charge is 0.467 e. The van der Waals surface area contributed by atoms with Gasteiger partial charge < -0.3 is 15.8 Å². The van der Waals surface area contributed by atoms with E-state index in [1.54, 1.807) is 30.3 Å². The number of ether oxygens (including phenoxy) is 1. The van der Waals surface area contributed by atoms with Gasteiger partial charge in [0.05, 0.1) is 7.11 Å². The Bertz CT molecular complexity index is 365. The maximum Gasteiger partial charge on any atom is 0.329 e. The molecule has 5 nitrogen and oxygen atoms in total. The van der Waals surface area contributed by atoms with E-state index in [9.17, 15) is 9.59 Å². The number of hydrogen-bond acceptors (Lipinski definition) is 4. The van der Waals surface area contributed by atoms with E-state index in [2.05, 4.69) is 10.1 Å². The molecule has 86 valence electrons. The lowest BCUT2D eigenvalue weighted by Gasteiger charge is -2.14. The van der Waals surface area contributed by atoms with Crippen LogP contribution < -0.4 is 11.1 Å². The van der Waals surface area contributed by atoms with Crippen LogP contribution in [0, 0.1) is 0 Å². The molecule has 0 aliphatic rings. The minimum atomic E-state index is -0.808. The molecule has 0 saturated heterocycles. The van der Waals surface area contributed by atoms with Crippen LogP contribution in [0.2, 0.25) is 0 Å². The molecular weight excluding hydrogens is 208 g/mol. The third kappa shape index (κ3) is 3.06. The fraction of sp³-hybridized carbons (Fsp3) is 0.273. The Morgan fingerprint density at radius 2 is 2.00 bits per heavy atom. The highest BCUT2D eigenvalue weighted by molar-refractivity contribution is 5.96. The van der Waals surface area contributed by atoms with E-state index in [1.165, 1.54) is 7.11 Å². The van der Waals surface area contributed by atoms with Gasteiger partial charge in [0.1, 0.15) is 6.04 Å². The molecule has 0 fully saturated rings. The number of amides is 1. The van der Waals surface area contributed by atoms with Crippen molar-refractivity contribution in [3.63, 3.8) is 0 Å². The molecule has 0 aromatic heterocycles. The highest BCUT2D eigenvalue weighted by atomic mass is 16.5. The van der Waals surface area contributed by atoms with Gasteiger partial charge in [0, 0.05) is 12.1 Å². The first-order chi connectivity index (χ1) is 7.69. The Morgan fingerprint density at radius 3 is 2.50 bits per heavy atom. The van der Waals surface area contributed by atoms with E-state index in [0.717, 1.165) is 0 Å². The van der Waals surface area contributed by atoms with E-state index in [4.69, 9.17) is 5.73 Å². The second-order valence-electron chi connectivity index (χ2n) is 3.15. The Morgan fingerprint density at radius 1 is 1.38 bits per heavy atom. The number of rotatable bonds is 4. The summed E-state index contributed by atoms with van der Waals surface area (Å²) >= 11 is 0. The Kier molecular flexibility index (Phi) is 4.47. The van der Waals surface area contributed by atoms with Crippen LogP contribution >= 0.6 is 0 Å². The van der Waals surface area contributed by atoms with Gasteiger partial charge in [-0.2, -0.15) is 0 Å². The van der Waals surface area contributed by atoms with Crippen molar-refractivity contribution in [3.05, 3.63) is 35.9 Å². The van der Waals surface area contributed by atoms with Crippen LogP contribution in [0.4, 0.5) is 0 Å². The predicted molar refractivity (Wildman–Crippen MR) is 58.8 cm³/mol. The molecule has 0 bridgehead atoms. The molecule has 0 aliphatic carbocycles. The standard InChI is InChI=1S/C11H14N2O3/c1-16-11(15)9(7-12)13-10(14)8-5-3-2-4-6-8/h2-6,9H,7,12H2,1H3,(H,13,14). The van der Waals surface area contributed by atoms with Crippen molar-refractivity contribution in [1.82, 2.24) is 5.32 Å². The van der Waals surface area contributed by atoms with E-state index >= 15 is 0 Å². The summed E-state index contributed by atoms with van der Waals surface area (Å²) in [6.45, 7) is 0.00521. The van der Waals surface area contributed by atoms with Crippen molar-refractivity contribution >= 4 is 11.9 Å². The molecule has 1 unspecified atom stereocenters. The number of hydrogen-bond donors (Lipinski definition) is 2. The highest BCUT2D eigenvalue weighted by Crippen LogP contribution is 1.99. The van der Waals surface area contributed by atoms with E-state index in [-0.39, 0.29) is 12.5 Å². The lowest BCUT2D eigenvalue weighted by atomic mass is 10.2. The number of nitrogens with one attached hydrogen (secondary N) is 1. The fourth-order valence-electron chi connectivity index (χ4n) is 1.19. The van der Waals surface area contributed by atoms with Gasteiger partial charge >= 0.3 is 5.97 Å². The quantitative estimate of drug-likeness (QED) is 0.698. The highest BCUT2D eigenvalue weighted by Gasteiger charge is 2.19. The number of nitrogens with two attached hydrogens (primary N) is 1. The van der Waals surface area contributed by atoms with Gasteiger partial charge in [-0.05, 0) is 12.1 Å². The first kappa shape index (κ1) is 12.2. The van der Waals surface area contributed by atoms with Crippen molar-refractivity contribution in [3.8, 4) is 0 Å². The molecular formula is C11H14N2O3. The van der Waals surface area contributed by atoms with Crippen LogP contribution in [0.3, 0.4) is 0 Å². The topological polar surface area (TPSA) is 81.4 Å². The van der Waals surface area contributed by atoms with Gasteiger partial charge in [-0.1, -0.05) is 18.2 Å². The van der Waals surface area contributed by atoms with Crippen LogP contribution in [0.25, 0.3) is 0 Å². The molecule has 0 aliphatic heterocycles. The maximum absolute atomic E-state index is 11.7. The molecule has 5 heteroatoms. The van der Waals surface area contributed by atoms with Gasteiger partial charge in [-0.25, -0.2) is 4.79 Å². The maximum atomic E-state index is 11.7. The lowest BCUT2D eigenvalue weighted by Crippen LogP contribution is -2.46. The Labute approximate surface area is 93.6 Å². The van der Waals surface area contributed by atoms with Crippen molar-refractivity contribution in [1.29, 1.82) is 0 Å². The minimum absolute atomic E-state index is 0.00521. The summed E-state index contributed by atoms with van der Waals surface area (Å²) in [6, 6.07) is 7.78. The fourth-order valence-corrected chi connectivity index (χ4v) is 1.19. The average molecular weight is 222 g/mol. The molecule has 1 aromatic carbocycles. The Balaban J connectivity index is 2.66. The van der Waals surface area contributed by atoms with E-state index in [1.807, 2.05) is 0 Å². The van der Waals surface area contributed by atoms with Crippen molar-refractivity contribution in [2.24, 2.45) is 5.73 Å². The zero-order chi connectivity index (χ0) is 12.0. The summed E-state index contributed by atoms with van der Waals surface area (Å²) in [4.78, 5) is 22.9. The molecule has 0 radical (unpaired) electrons. The zero-order valence-corrected chi connectivity index (χ0v) is 8.97. The van der Waals surface area contributed by atoms with Crippen LogP contribution in [-0.2, 0) is 9.53 Å². The third-order valence-electron chi connectivity index (χ3n) is 2.06. The zero-order valence-electron chi connectivity index (χ0n) is 8.97. The average Bonchev–Trinajstić information content (AvgIpc) is 2.35. The van der Waals surface area contributed by atoms with Gasteiger partial charge in [-0.3, -0.25) is 4.79 Å². The molecule has 1 aromatic rings. The summed E-state index contributed by atoms with van der Waals surface area (Å²) in [5, 5.41) is 2.50. The van der Waals surface area contributed by atoms with E-state index < -0.39 is 12.0 Å². The summed E-state index contributed by atoms with van der Waals surface area (Å²) in [5.74, 6) is -0.895. The van der Waals surface area contributed by atoms with Gasteiger partial charge in [-0.15, -0.1) is 0 Å². The minimum Gasteiger partial charge on any atom is -0.467 e. The number of methoxy groups -OCH3 is 1. The molecule has 1 atom stereocenters. The number of esters is 1. The van der Waals surface area contributed by atoms with E-state index in [0.29, 0.717) is 5.56 Å². The van der Waals surface area contributed by atoms with Gasteiger partial charge in [0.2, 0.25) is 0 Å². The number of carbonyl (C=O) groups excluding carboxylic acids is 2. The van der Waals surface area contributed by atoms with Gasteiger partial charge in [0.25, 0.3) is 5.91 Å². The lowest BCUT2D eigenvalue weighted by molar-refractivity contribution is -0.142. The Hall–Kier alpha value is -1.88. The molecule has 16 heavy (non-hydrogen) atoms. The number of carbonyl (C=O) groups is 2. The van der Waals surface area contributed by atoms with Crippen molar-refractivity contribution in [2.45, 2.75) is 6.04 Å². The van der Waals surface area contributed by atoms with Gasteiger partial charge in [0.15, 0.2) is 0 Å². The molecule has 3 N–H and O–H groups in total. The SMILES string of the molecule is COC(=O)C(CN)NC(=O)c1ccccc1. The first-order valence-corrected chi connectivity index (χ1v) is 4.83. The van der Waals surface area contributed by atoms with Crippen molar-refractivity contribution in [2.75, 3.05) is 13.7 Å². The normalized spacial score (nSPS) is 11.6. The molecule has 0 heterocycles. The molecule has 0 spiro atoms. The van der Waals surface area contributed by atoms with Crippen LogP contribution in [0.1, 0.15) is 10.4 Å². The van der Waals surface area contributed by atoms with Crippen LogP contribution in [0.5, 0.6) is 0 Å². The second-order valence-corrected chi connectivity index (χ2v) is 3.15. The third-order valence-corrected chi connectivity index (χ3v) is 2.06. The summed E-state index contributed by atoms with van der Waals surface area (Å²) in [7, 11) is 1.25. The van der Waals surface area contributed by atoms with Crippen LogP contribution in [0.15, 0.2) is 30.3 Å². The predicted octanol–water partition coefficient (Wildman–Crippen LogP) is -0.0833. The monoisotopic (exact) mass is 222 g/mol. The smallest absolute Gasteiger partial charge is 0.329 e.